The molecular weight excluding hydrogens is 316 g/mol. The van der Waals surface area contributed by atoms with Crippen molar-refractivity contribution in [3.05, 3.63) is 41.6 Å². The van der Waals surface area contributed by atoms with Gasteiger partial charge in [0.15, 0.2) is 0 Å². The van der Waals surface area contributed by atoms with Gasteiger partial charge in [-0.1, -0.05) is 19.1 Å². The lowest BCUT2D eigenvalue weighted by Gasteiger charge is -2.19. The molecule has 2 aromatic rings. The highest BCUT2D eigenvalue weighted by molar-refractivity contribution is 6.06. The van der Waals surface area contributed by atoms with Crippen LogP contribution in [0.1, 0.15) is 35.7 Å². The molecule has 2 heterocycles. The van der Waals surface area contributed by atoms with Crippen LogP contribution in [0.5, 0.6) is 0 Å². The van der Waals surface area contributed by atoms with Crippen LogP contribution in [0.25, 0.3) is 10.9 Å². The van der Waals surface area contributed by atoms with Crippen molar-refractivity contribution >= 4 is 22.7 Å². The Hall–Kier alpha value is -2.94. The van der Waals surface area contributed by atoms with Crippen molar-refractivity contribution in [2.45, 2.75) is 32.2 Å². The van der Waals surface area contributed by atoms with Crippen molar-refractivity contribution in [1.82, 2.24) is 15.2 Å². The summed E-state index contributed by atoms with van der Waals surface area (Å²) in [5.74, 6) is -0.526. The van der Waals surface area contributed by atoms with Gasteiger partial charge in [-0.25, -0.2) is 0 Å². The second-order valence-electron chi connectivity index (χ2n) is 6.12. The van der Waals surface area contributed by atoms with E-state index in [9.17, 15) is 9.59 Å². The van der Waals surface area contributed by atoms with E-state index in [2.05, 4.69) is 23.3 Å². The third-order valence-corrected chi connectivity index (χ3v) is 4.58. The Balaban J connectivity index is 1.72. The third kappa shape index (κ3) is 3.45. The lowest BCUT2D eigenvalue weighted by molar-refractivity contribution is -0.130. The van der Waals surface area contributed by atoms with Crippen LogP contribution in [0.15, 0.2) is 30.5 Å². The van der Waals surface area contributed by atoms with Gasteiger partial charge in [0.2, 0.25) is 5.91 Å². The van der Waals surface area contributed by atoms with E-state index in [1.165, 1.54) is 0 Å². The molecule has 0 saturated carbocycles. The van der Waals surface area contributed by atoms with Crippen LogP contribution in [0.3, 0.4) is 0 Å². The number of amides is 2. The van der Waals surface area contributed by atoms with Gasteiger partial charge in [0.1, 0.15) is 6.04 Å². The minimum absolute atomic E-state index is 0.103. The number of aryl methyl sites for hydroxylation is 1. The number of rotatable bonds is 4. The molecule has 3 rings (SSSR count). The predicted octanol–water partition coefficient (Wildman–Crippen LogP) is 2.04. The number of hydrogen-bond acceptors (Lipinski definition) is 4. The Morgan fingerprint density at radius 2 is 2.24 bits per heavy atom. The van der Waals surface area contributed by atoms with Gasteiger partial charge >= 0.3 is 0 Å². The average Bonchev–Trinajstić information content (AvgIpc) is 3.13. The summed E-state index contributed by atoms with van der Waals surface area (Å²) in [6.45, 7) is 2.54. The summed E-state index contributed by atoms with van der Waals surface area (Å²) in [7, 11) is 0. The van der Waals surface area contributed by atoms with Crippen molar-refractivity contribution in [3.8, 4) is 6.07 Å². The molecule has 1 aliphatic rings. The molecule has 1 N–H and O–H groups in total. The molecule has 1 saturated heterocycles. The monoisotopic (exact) mass is 336 g/mol. The number of likely N-dealkylation sites (tertiary alicyclic amines) is 1. The van der Waals surface area contributed by atoms with Gasteiger partial charge in [-0.3, -0.25) is 14.6 Å². The first kappa shape index (κ1) is 16.9. The summed E-state index contributed by atoms with van der Waals surface area (Å²) in [6.07, 6.45) is 4.03. The number of carbonyl (C=O) groups excluding carboxylic acids is 2. The van der Waals surface area contributed by atoms with Crippen molar-refractivity contribution in [2.75, 3.05) is 13.1 Å². The largest absolute Gasteiger partial charge is 0.343 e. The van der Waals surface area contributed by atoms with Gasteiger partial charge < -0.3 is 10.2 Å². The topological polar surface area (TPSA) is 86.1 Å². The van der Waals surface area contributed by atoms with E-state index in [4.69, 9.17) is 5.26 Å². The van der Waals surface area contributed by atoms with Crippen LogP contribution < -0.4 is 5.32 Å². The molecule has 1 aliphatic heterocycles. The maximum absolute atomic E-state index is 12.5. The molecule has 0 aliphatic carbocycles. The summed E-state index contributed by atoms with van der Waals surface area (Å²) in [5.41, 5.74) is 2.42. The number of aromatic nitrogens is 1. The standard InChI is InChI=1S/C19H20N4O2/c1-2-13-5-6-15-16(7-8-21-17(15)10-13)19(25)22-12-18(24)23-9-3-4-14(23)11-20/h5-8,10,14H,2-4,9,12H2,1H3,(H,22,25)/t14-/m0/s1. The Morgan fingerprint density at radius 1 is 1.40 bits per heavy atom. The molecule has 0 spiro atoms. The molecule has 2 amide bonds. The number of nitrogens with zero attached hydrogens (tertiary/aromatic N) is 3. The third-order valence-electron chi connectivity index (χ3n) is 4.58. The zero-order valence-electron chi connectivity index (χ0n) is 14.2. The van der Waals surface area contributed by atoms with Crippen LogP contribution in [0.4, 0.5) is 0 Å². The van der Waals surface area contributed by atoms with Crippen molar-refractivity contribution in [2.24, 2.45) is 0 Å². The fraction of sp³-hybridized carbons (Fsp3) is 0.368. The Labute approximate surface area is 146 Å². The molecule has 1 aromatic heterocycles. The van der Waals surface area contributed by atoms with E-state index >= 15 is 0 Å². The highest BCUT2D eigenvalue weighted by atomic mass is 16.2. The summed E-state index contributed by atoms with van der Waals surface area (Å²) >= 11 is 0. The molecular formula is C19H20N4O2. The quantitative estimate of drug-likeness (QED) is 0.926. The van der Waals surface area contributed by atoms with E-state index in [-0.39, 0.29) is 24.4 Å². The number of benzene rings is 1. The molecule has 6 heteroatoms. The molecule has 0 unspecified atom stereocenters. The molecule has 1 atom stereocenters. The van der Waals surface area contributed by atoms with Crippen LogP contribution in [-0.2, 0) is 11.2 Å². The minimum atomic E-state index is -0.376. The zero-order chi connectivity index (χ0) is 17.8. The maximum atomic E-state index is 12.5. The Morgan fingerprint density at radius 3 is 3.00 bits per heavy atom. The summed E-state index contributed by atoms with van der Waals surface area (Å²) in [5, 5.41) is 12.5. The summed E-state index contributed by atoms with van der Waals surface area (Å²) < 4.78 is 0. The van der Waals surface area contributed by atoms with Gasteiger partial charge in [-0.05, 0) is 37.0 Å². The summed E-state index contributed by atoms with van der Waals surface area (Å²) in [6, 6.07) is 9.26. The second kappa shape index (κ2) is 7.31. The van der Waals surface area contributed by atoms with Crippen molar-refractivity contribution in [3.63, 3.8) is 0 Å². The normalized spacial score (nSPS) is 16.6. The number of nitrogens with one attached hydrogen (secondary N) is 1. The molecule has 0 bridgehead atoms. The first-order chi connectivity index (χ1) is 12.1. The van der Waals surface area contributed by atoms with Crippen LogP contribution >= 0.6 is 0 Å². The lowest BCUT2D eigenvalue weighted by atomic mass is 10.0. The number of nitriles is 1. The lowest BCUT2D eigenvalue weighted by Crippen LogP contribution is -2.42. The van der Waals surface area contributed by atoms with Gasteiger partial charge in [-0.15, -0.1) is 0 Å². The van der Waals surface area contributed by atoms with Gasteiger partial charge in [0, 0.05) is 18.1 Å². The molecule has 128 valence electrons. The van der Waals surface area contributed by atoms with E-state index in [1.807, 2.05) is 18.2 Å². The van der Waals surface area contributed by atoms with E-state index in [0.29, 0.717) is 18.5 Å². The van der Waals surface area contributed by atoms with Gasteiger partial charge in [0.05, 0.1) is 23.7 Å². The fourth-order valence-corrected chi connectivity index (χ4v) is 3.16. The van der Waals surface area contributed by atoms with E-state index in [1.54, 1.807) is 17.2 Å². The molecule has 1 aromatic carbocycles. The number of hydrogen-bond donors (Lipinski definition) is 1. The number of carbonyl (C=O) groups is 2. The second-order valence-corrected chi connectivity index (χ2v) is 6.12. The van der Waals surface area contributed by atoms with Gasteiger partial charge in [0.25, 0.3) is 5.91 Å². The van der Waals surface area contributed by atoms with Crippen LogP contribution in [0, 0.1) is 11.3 Å². The first-order valence-corrected chi connectivity index (χ1v) is 8.49. The average molecular weight is 336 g/mol. The van der Waals surface area contributed by atoms with E-state index in [0.717, 1.165) is 29.3 Å². The molecule has 6 nitrogen and oxygen atoms in total. The first-order valence-electron chi connectivity index (χ1n) is 8.49. The SMILES string of the molecule is CCc1ccc2c(C(=O)NCC(=O)N3CCC[C@H]3C#N)ccnc2c1. The number of pyridine rings is 1. The Kier molecular flexibility index (Phi) is 4.94. The predicted molar refractivity (Wildman–Crippen MR) is 93.8 cm³/mol. The zero-order valence-corrected chi connectivity index (χ0v) is 14.2. The molecule has 1 fully saturated rings. The van der Waals surface area contributed by atoms with Gasteiger partial charge in [-0.2, -0.15) is 5.26 Å². The smallest absolute Gasteiger partial charge is 0.252 e. The summed E-state index contributed by atoms with van der Waals surface area (Å²) in [4.78, 5) is 30.6. The fourth-order valence-electron chi connectivity index (χ4n) is 3.16. The van der Waals surface area contributed by atoms with Crippen LogP contribution in [0.2, 0.25) is 0 Å². The number of fused-ring (bicyclic) bond motifs is 1. The van der Waals surface area contributed by atoms with Crippen molar-refractivity contribution < 1.29 is 9.59 Å². The maximum Gasteiger partial charge on any atom is 0.252 e. The van der Waals surface area contributed by atoms with Crippen molar-refractivity contribution in [1.29, 1.82) is 5.26 Å². The van der Waals surface area contributed by atoms with E-state index < -0.39 is 0 Å². The molecule has 25 heavy (non-hydrogen) atoms. The minimum Gasteiger partial charge on any atom is -0.343 e. The Bertz CT molecular complexity index is 856. The highest BCUT2D eigenvalue weighted by Gasteiger charge is 2.28. The highest BCUT2D eigenvalue weighted by Crippen LogP contribution is 2.19. The van der Waals surface area contributed by atoms with Crippen LogP contribution in [-0.4, -0.2) is 40.8 Å². The molecule has 0 radical (unpaired) electrons.